The number of H-pyrrole nitrogens is 1. The number of carbonyl (C=O) groups excluding carboxylic acids is 1. The van der Waals surface area contributed by atoms with Gasteiger partial charge in [0.2, 0.25) is 5.91 Å². The van der Waals surface area contributed by atoms with Crippen molar-refractivity contribution in [3.8, 4) is 11.5 Å². The van der Waals surface area contributed by atoms with Crippen LogP contribution in [0, 0.1) is 17.0 Å². The van der Waals surface area contributed by atoms with Gasteiger partial charge in [-0.15, -0.1) is 0 Å². The molecule has 174 valence electrons. The molecule has 0 aliphatic carbocycles. The van der Waals surface area contributed by atoms with Crippen LogP contribution in [0.4, 0.5) is 11.4 Å². The van der Waals surface area contributed by atoms with Gasteiger partial charge in [-0.05, 0) is 25.1 Å². The largest absolute Gasteiger partial charge is 0.493 e. The van der Waals surface area contributed by atoms with Gasteiger partial charge in [0.25, 0.3) is 11.2 Å². The van der Waals surface area contributed by atoms with Gasteiger partial charge in [0, 0.05) is 18.2 Å². The van der Waals surface area contributed by atoms with Gasteiger partial charge in [0.05, 0.1) is 48.8 Å². The summed E-state index contributed by atoms with van der Waals surface area (Å²) in [7, 11) is 2.98. The zero-order valence-electron chi connectivity index (χ0n) is 18.8. The number of nitro groups is 1. The maximum atomic E-state index is 12.6. The average Bonchev–Trinajstić information content (AvgIpc) is 2.79. The van der Waals surface area contributed by atoms with Gasteiger partial charge in [-0.1, -0.05) is 13.0 Å². The number of benzene rings is 2. The van der Waals surface area contributed by atoms with Gasteiger partial charge in [-0.2, -0.15) is 0 Å². The third-order valence-corrected chi connectivity index (χ3v) is 5.15. The van der Waals surface area contributed by atoms with Crippen LogP contribution >= 0.6 is 0 Å². The van der Waals surface area contributed by atoms with E-state index in [4.69, 9.17) is 9.47 Å². The van der Waals surface area contributed by atoms with E-state index in [1.165, 1.54) is 26.4 Å². The number of carbonyl (C=O) groups is 1. The fourth-order valence-electron chi connectivity index (χ4n) is 3.33. The van der Waals surface area contributed by atoms with Gasteiger partial charge >= 0.3 is 0 Å². The Morgan fingerprint density at radius 1 is 1.21 bits per heavy atom. The first-order valence-electron chi connectivity index (χ1n) is 10.2. The van der Waals surface area contributed by atoms with Crippen LogP contribution in [0.1, 0.15) is 18.3 Å². The van der Waals surface area contributed by atoms with Crippen molar-refractivity contribution in [3.63, 3.8) is 0 Å². The Morgan fingerprint density at radius 3 is 2.55 bits per heavy atom. The van der Waals surface area contributed by atoms with E-state index in [9.17, 15) is 19.7 Å². The van der Waals surface area contributed by atoms with Crippen molar-refractivity contribution in [2.45, 2.75) is 20.4 Å². The standard InChI is InChI=1S/C22H25N5O6/c1-5-26(12-21(28)24-16-8-14(27(30)31)7-6-13(16)2)11-20-23-17-10-19(33-4)18(32-3)9-15(17)22(29)25-20/h6-10H,5,11-12H2,1-4H3,(H,24,28)(H,23,25,29). The summed E-state index contributed by atoms with van der Waals surface area (Å²) in [5.41, 5.74) is 1.10. The summed E-state index contributed by atoms with van der Waals surface area (Å²) in [6, 6.07) is 7.48. The van der Waals surface area contributed by atoms with E-state index in [-0.39, 0.29) is 30.2 Å². The zero-order chi connectivity index (χ0) is 24.1. The Hall–Kier alpha value is -3.99. The molecular formula is C22H25N5O6. The molecule has 3 rings (SSSR count). The molecule has 1 amide bonds. The van der Waals surface area contributed by atoms with E-state index in [0.29, 0.717) is 46.0 Å². The molecule has 2 aromatic carbocycles. The second-order valence-electron chi connectivity index (χ2n) is 7.34. The summed E-state index contributed by atoms with van der Waals surface area (Å²) in [4.78, 5) is 44.7. The van der Waals surface area contributed by atoms with Crippen molar-refractivity contribution >= 4 is 28.2 Å². The van der Waals surface area contributed by atoms with Gasteiger partial charge in [0.1, 0.15) is 5.82 Å². The van der Waals surface area contributed by atoms with Crippen molar-refractivity contribution in [1.29, 1.82) is 0 Å². The Balaban J connectivity index is 1.78. The molecule has 0 radical (unpaired) electrons. The molecule has 0 fully saturated rings. The summed E-state index contributed by atoms with van der Waals surface area (Å²) in [5, 5.41) is 14.1. The van der Waals surface area contributed by atoms with E-state index in [2.05, 4.69) is 15.3 Å². The van der Waals surface area contributed by atoms with Crippen LogP contribution in [-0.4, -0.2) is 53.0 Å². The molecule has 3 aromatic rings. The van der Waals surface area contributed by atoms with Gasteiger partial charge in [0.15, 0.2) is 11.5 Å². The highest BCUT2D eigenvalue weighted by Gasteiger charge is 2.16. The van der Waals surface area contributed by atoms with Crippen molar-refractivity contribution in [2.24, 2.45) is 0 Å². The molecule has 0 saturated heterocycles. The van der Waals surface area contributed by atoms with Crippen LogP contribution < -0.4 is 20.3 Å². The lowest BCUT2D eigenvalue weighted by Crippen LogP contribution is -2.34. The SMILES string of the molecule is CCN(CC(=O)Nc1cc([N+](=O)[O-])ccc1C)Cc1nc2cc(OC)c(OC)cc2c(=O)[nH]1. The number of aromatic amines is 1. The van der Waals surface area contributed by atoms with Crippen LogP contribution in [-0.2, 0) is 11.3 Å². The number of nitro benzene ring substituents is 1. The summed E-state index contributed by atoms with van der Waals surface area (Å²) in [5.74, 6) is 0.928. The number of rotatable bonds is 9. The number of methoxy groups -OCH3 is 2. The fraction of sp³-hybridized carbons (Fsp3) is 0.318. The minimum atomic E-state index is -0.514. The summed E-state index contributed by atoms with van der Waals surface area (Å²) in [6.07, 6.45) is 0. The van der Waals surface area contributed by atoms with Crippen molar-refractivity contribution < 1.29 is 19.2 Å². The van der Waals surface area contributed by atoms with E-state index in [1.807, 2.05) is 6.92 Å². The maximum absolute atomic E-state index is 12.6. The lowest BCUT2D eigenvalue weighted by Gasteiger charge is -2.20. The third kappa shape index (κ3) is 5.44. The fourth-order valence-corrected chi connectivity index (χ4v) is 3.33. The second kappa shape index (κ2) is 10.1. The monoisotopic (exact) mass is 455 g/mol. The van der Waals surface area contributed by atoms with Gasteiger partial charge in [-0.3, -0.25) is 24.6 Å². The number of hydrogen-bond donors (Lipinski definition) is 2. The summed E-state index contributed by atoms with van der Waals surface area (Å²) < 4.78 is 10.5. The van der Waals surface area contributed by atoms with Crippen LogP contribution in [0.25, 0.3) is 10.9 Å². The normalized spacial score (nSPS) is 10.9. The number of anilines is 1. The molecule has 1 aromatic heterocycles. The van der Waals surface area contributed by atoms with Crippen LogP contribution in [0.15, 0.2) is 35.1 Å². The first-order valence-corrected chi connectivity index (χ1v) is 10.2. The smallest absolute Gasteiger partial charge is 0.271 e. The van der Waals surface area contributed by atoms with Crippen LogP contribution in [0.5, 0.6) is 11.5 Å². The number of likely N-dealkylation sites (N-methyl/N-ethyl adjacent to an activating group) is 1. The topological polar surface area (TPSA) is 140 Å². The molecule has 0 aliphatic heterocycles. The molecule has 1 heterocycles. The summed E-state index contributed by atoms with van der Waals surface area (Å²) in [6.45, 7) is 4.36. The minimum absolute atomic E-state index is 0.00626. The zero-order valence-corrected chi connectivity index (χ0v) is 18.8. The molecule has 0 unspecified atom stereocenters. The highest BCUT2D eigenvalue weighted by atomic mass is 16.6. The molecule has 11 nitrogen and oxygen atoms in total. The highest BCUT2D eigenvalue weighted by molar-refractivity contribution is 5.93. The maximum Gasteiger partial charge on any atom is 0.271 e. The Bertz CT molecular complexity index is 1260. The minimum Gasteiger partial charge on any atom is -0.493 e. The van der Waals surface area contributed by atoms with E-state index in [1.54, 1.807) is 30.0 Å². The number of aromatic nitrogens is 2. The summed E-state index contributed by atoms with van der Waals surface area (Å²) >= 11 is 0. The number of amides is 1. The van der Waals surface area contributed by atoms with Crippen molar-refractivity contribution in [2.75, 3.05) is 32.6 Å². The molecule has 0 saturated carbocycles. The number of non-ortho nitro benzene ring substituents is 1. The number of ether oxygens (including phenoxy) is 2. The molecule has 2 N–H and O–H groups in total. The molecular weight excluding hydrogens is 430 g/mol. The van der Waals surface area contributed by atoms with E-state index < -0.39 is 4.92 Å². The molecule has 0 spiro atoms. The third-order valence-electron chi connectivity index (χ3n) is 5.15. The van der Waals surface area contributed by atoms with E-state index in [0.717, 1.165) is 0 Å². The number of hydrogen-bond acceptors (Lipinski definition) is 8. The van der Waals surface area contributed by atoms with E-state index >= 15 is 0 Å². The van der Waals surface area contributed by atoms with Gasteiger partial charge < -0.3 is 19.8 Å². The second-order valence-corrected chi connectivity index (χ2v) is 7.34. The Morgan fingerprint density at radius 2 is 1.91 bits per heavy atom. The first-order chi connectivity index (χ1) is 15.7. The number of nitrogens with one attached hydrogen (secondary N) is 2. The van der Waals surface area contributed by atoms with Crippen molar-refractivity contribution in [3.05, 3.63) is 62.2 Å². The predicted molar refractivity (Wildman–Crippen MR) is 123 cm³/mol. The van der Waals surface area contributed by atoms with Crippen LogP contribution in [0.2, 0.25) is 0 Å². The molecule has 0 atom stereocenters. The Kier molecular flexibility index (Phi) is 7.23. The predicted octanol–water partition coefficient (Wildman–Crippen LogP) is 2.62. The molecule has 33 heavy (non-hydrogen) atoms. The molecule has 0 bridgehead atoms. The van der Waals surface area contributed by atoms with Crippen LogP contribution in [0.3, 0.4) is 0 Å². The Labute approximate surface area is 189 Å². The quantitative estimate of drug-likeness (QED) is 0.371. The number of fused-ring (bicyclic) bond motifs is 1. The molecule has 0 aliphatic rings. The highest BCUT2D eigenvalue weighted by Crippen LogP contribution is 2.30. The van der Waals surface area contributed by atoms with Crippen molar-refractivity contribution in [1.82, 2.24) is 14.9 Å². The lowest BCUT2D eigenvalue weighted by molar-refractivity contribution is -0.384. The lowest BCUT2D eigenvalue weighted by atomic mass is 10.2. The number of nitrogens with zero attached hydrogens (tertiary/aromatic N) is 3. The number of aryl methyl sites for hydroxylation is 1. The average molecular weight is 455 g/mol. The molecule has 11 heteroatoms. The first kappa shape index (κ1) is 23.7. The van der Waals surface area contributed by atoms with Gasteiger partial charge in [-0.25, -0.2) is 4.98 Å².